The highest BCUT2D eigenvalue weighted by Gasteiger charge is 2.01. The second-order valence-corrected chi connectivity index (χ2v) is 3.33. The number of nitrogens with zero attached hydrogens (tertiary/aromatic N) is 3. The quantitative estimate of drug-likeness (QED) is 0.784. The van der Waals surface area contributed by atoms with Gasteiger partial charge in [0.1, 0.15) is 5.82 Å². The summed E-state index contributed by atoms with van der Waals surface area (Å²) in [5.41, 5.74) is 1.47. The molecule has 0 aliphatic heterocycles. The largest absolute Gasteiger partial charge is 0.219 e. The predicted molar refractivity (Wildman–Crippen MR) is 52.9 cm³/mol. The summed E-state index contributed by atoms with van der Waals surface area (Å²) < 4.78 is 13.0. The van der Waals surface area contributed by atoms with Crippen LogP contribution in [-0.2, 0) is 0 Å². The van der Waals surface area contributed by atoms with Crippen molar-refractivity contribution in [2.24, 2.45) is 0 Å². The number of benzene rings is 1. The number of halogens is 2. The third kappa shape index (κ3) is 1.93. The van der Waals surface area contributed by atoms with Crippen molar-refractivity contribution in [2.75, 3.05) is 0 Å². The molecule has 2 rings (SSSR count). The zero-order valence-electron chi connectivity index (χ0n) is 6.98. The van der Waals surface area contributed by atoms with Crippen molar-refractivity contribution >= 4 is 15.9 Å². The van der Waals surface area contributed by atoms with E-state index in [2.05, 4.69) is 31.1 Å². The van der Waals surface area contributed by atoms with E-state index < -0.39 is 0 Å². The first-order chi connectivity index (χ1) is 6.75. The zero-order valence-corrected chi connectivity index (χ0v) is 8.57. The van der Waals surface area contributed by atoms with Gasteiger partial charge in [-0.3, -0.25) is 0 Å². The Morgan fingerprint density at radius 1 is 1.14 bits per heavy atom. The van der Waals surface area contributed by atoms with Crippen molar-refractivity contribution < 1.29 is 4.39 Å². The Bertz CT molecular complexity index is 444. The van der Waals surface area contributed by atoms with Crippen molar-refractivity contribution in [1.29, 1.82) is 0 Å². The van der Waals surface area contributed by atoms with Gasteiger partial charge in [-0.25, -0.2) is 9.37 Å². The standard InChI is InChI=1S/C9H5BrFN3/c10-9-13-8(5-12-14-9)6-1-3-7(11)4-2-6/h1-5H. The molecule has 2 aromatic rings. The molecule has 0 aliphatic carbocycles. The molecule has 0 atom stereocenters. The first-order valence-electron chi connectivity index (χ1n) is 3.87. The summed E-state index contributed by atoms with van der Waals surface area (Å²) in [7, 11) is 0. The summed E-state index contributed by atoms with van der Waals surface area (Å²) in [6.07, 6.45) is 1.53. The molecule has 0 saturated carbocycles. The fourth-order valence-electron chi connectivity index (χ4n) is 1.04. The lowest BCUT2D eigenvalue weighted by Crippen LogP contribution is -1.90. The summed E-state index contributed by atoms with van der Waals surface area (Å²) in [6.45, 7) is 0. The summed E-state index contributed by atoms with van der Waals surface area (Å²) in [6, 6.07) is 6.05. The molecule has 0 fully saturated rings. The van der Waals surface area contributed by atoms with Crippen LogP contribution in [0.15, 0.2) is 35.2 Å². The molecule has 0 unspecified atom stereocenters. The molecule has 0 spiro atoms. The van der Waals surface area contributed by atoms with E-state index >= 15 is 0 Å². The van der Waals surface area contributed by atoms with E-state index in [0.717, 1.165) is 5.56 Å². The Labute approximate surface area is 88.1 Å². The fraction of sp³-hybridized carbons (Fsp3) is 0. The minimum absolute atomic E-state index is 0.269. The van der Waals surface area contributed by atoms with Crippen LogP contribution in [-0.4, -0.2) is 15.2 Å². The van der Waals surface area contributed by atoms with Gasteiger partial charge in [0.25, 0.3) is 0 Å². The Morgan fingerprint density at radius 2 is 1.86 bits per heavy atom. The molecular formula is C9H5BrFN3. The van der Waals surface area contributed by atoms with Gasteiger partial charge < -0.3 is 0 Å². The minimum atomic E-state index is -0.269. The molecule has 14 heavy (non-hydrogen) atoms. The van der Waals surface area contributed by atoms with Gasteiger partial charge >= 0.3 is 0 Å². The lowest BCUT2D eigenvalue weighted by atomic mass is 10.2. The second kappa shape index (κ2) is 3.79. The molecule has 0 aliphatic rings. The van der Waals surface area contributed by atoms with Crippen LogP contribution in [0.1, 0.15) is 0 Å². The van der Waals surface area contributed by atoms with Gasteiger partial charge in [0.05, 0.1) is 11.9 Å². The normalized spacial score (nSPS) is 10.1. The number of hydrogen-bond acceptors (Lipinski definition) is 3. The van der Waals surface area contributed by atoms with Gasteiger partial charge in [0.2, 0.25) is 4.73 Å². The average molecular weight is 254 g/mol. The van der Waals surface area contributed by atoms with Crippen molar-refractivity contribution in [1.82, 2.24) is 15.2 Å². The van der Waals surface area contributed by atoms with E-state index in [9.17, 15) is 4.39 Å². The van der Waals surface area contributed by atoms with Crippen LogP contribution in [0.5, 0.6) is 0 Å². The lowest BCUT2D eigenvalue weighted by Gasteiger charge is -1.98. The Hall–Kier alpha value is -1.36. The molecule has 0 N–H and O–H groups in total. The van der Waals surface area contributed by atoms with E-state index in [-0.39, 0.29) is 5.82 Å². The SMILES string of the molecule is Fc1ccc(-c2cnnc(Br)n2)cc1. The molecule has 1 aromatic carbocycles. The highest BCUT2D eigenvalue weighted by atomic mass is 79.9. The van der Waals surface area contributed by atoms with Crippen LogP contribution in [0, 0.1) is 5.82 Å². The monoisotopic (exact) mass is 253 g/mol. The minimum Gasteiger partial charge on any atom is -0.219 e. The van der Waals surface area contributed by atoms with Gasteiger partial charge in [-0.2, -0.15) is 5.10 Å². The van der Waals surface area contributed by atoms with E-state index in [1.165, 1.54) is 18.3 Å². The topological polar surface area (TPSA) is 38.7 Å². The molecule has 0 saturated heterocycles. The highest BCUT2D eigenvalue weighted by Crippen LogP contribution is 2.16. The molecule has 1 heterocycles. The second-order valence-electron chi connectivity index (χ2n) is 2.62. The summed E-state index contributed by atoms with van der Waals surface area (Å²) in [5, 5.41) is 7.39. The maximum Gasteiger partial charge on any atom is 0.218 e. The van der Waals surface area contributed by atoms with Gasteiger partial charge in [-0.15, -0.1) is 5.10 Å². The molecular weight excluding hydrogens is 249 g/mol. The summed E-state index contributed by atoms with van der Waals surface area (Å²) in [4.78, 5) is 4.09. The third-order valence-corrected chi connectivity index (χ3v) is 2.01. The summed E-state index contributed by atoms with van der Waals surface area (Å²) >= 11 is 3.12. The molecule has 1 aromatic heterocycles. The lowest BCUT2D eigenvalue weighted by molar-refractivity contribution is 0.628. The third-order valence-electron chi connectivity index (χ3n) is 1.67. The van der Waals surface area contributed by atoms with E-state index in [1.54, 1.807) is 12.1 Å². The van der Waals surface area contributed by atoms with Crippen LogP contribution in [0.3, 0.4) is 0 Å². The maximum absolute atomic E-state index is 12.6. The average Bonchev–Trinajstić information content (AvgIpc) is 2.19. The van der Waals surface area contributed by atoms with Gasteiger partial charge in [-0.1, -0.05) is 0 Å². The van der Waals surface area contributed by atoms with Crippen molar-refractivity contribution in [3.63, 3.8) is 0 Å². The molecule has 0 radical (unpaired) electrons. The molecule has 3 nitrogen and oxygen atoms in total. The predicted octanol–water partition coefficient (Wildman–Crippen LogP) is 2.44. The fourth-order valence-corrected chi connectivity index (χ4v) is 1.32. The first-order valence-corrected chi connectivity index (χ1v) is 4.66. The van der Waals surface area contributed by atoms with E-state index in [1.807, 2.05) is 0 Å². The van der Waals surface area contributed by atoms with Crippen molar-refractivity contribution in [2.45, 2.75) is 0 Å². The number of hydrogen-bond donors (Lipinski definition) is 0. The van der Waals surface area contributed by atoms with Crippen LogP contribution in [0.4, 0.5) is 4.39 Å². The first kappa shape index (κ1) is 9.21. The molecule has 70 valence electrons. The van der Waals surface area contributed by atoms with Gasteiger partial charge in [0, 0.05) is 5.56 Å². The molecule has 5 heteroatoms. The van der Waals surface area contributed by atoms with Crippen LogP contribution >= 0.6 is 15.9 Å². The van der Waals surface area contributed by atoms with E-state index in [4.69, 9.17) is 0 Å². The van der Waals surface area contributed by atoms with Crippen LogP contribution in [0.25, 0.3) is 11.3 Å². The van der Waals surface area contributed by atoms with E-state index in [0.29, 0.717) is 10.4 Å². The zero-order chi connectivity index (χ0) is 9.97. The highest BCUT2D eigenvalue weighted by molar-refractivity contribution is 9.10. The number of aromatic nitrogens is 3. The Balaban J connectivity index is 2.44. The Kier molecular flexibility index (Phi) is 2.49. The smallest absolute Gasteiger partial charge is 0.218 e. The van der Waals surface area contributed by atoms with Gasteiger partial charge in [-0.05, 0) is 40.2 Å². The van der Waals surface area contributed by atoms with Gasteiger partial charge in [0.15, 0.2) is 0 Å². The van der Waals surface area contributed by atoms with Crippen molar-refractivity contribution in [3.05, 3.63) is 41.0 Å². The molecule has 0 bridgehead atoms. The van der Waals surface area contributed by atoms with Crippen LogP contribution < -0.4 is 0 Å². The Morgan fingerprint density at radius 3 is 2.50 bits per heavy atom. The number of rotatable bonds is 1. The van der Waals surface area contributed by atoms with Crippen LogP contribution in [0.2, 0.25) is 0 Å². The molecule has 0 amide bonds. The summed E-state index contributed by atoms with van der Waals surface area (Å²) in [5.74, 6) is -0.269. The van der Waals surface area contributed by atoms with Crippen molar-refractivity contribution in [3.8, 4) is 11.3 Å². The maximum atomic E-state index is 12.6.